The number of carbonyl (C=O) groups is 1. The first kappa shape index (κ1) is 22.8. The van der Waals surface area contributed by atoms with Gasteiger partial charge in [0.1, 0.15) is 11.3 Å². The summed E-state index contributed by atoms with van der Waals surface area (Å²) in [5, 5.41) is 0.786. The fourth-order valence-corrected chi connectivity index (χ4v) is 3.73. The number of furan rings is 1. The Hall–Kier alpha value is -4.37. The van der Waals surface area contributed by atoms with Gasteiger partial charge >= 0.3 is 0 Å². The Labute approximate surface area is 198 Å². The van der Waals surface area contributed by atoms with Gasteiger partial charge in [0.25, 0.3) is 0 Å². The second-order valence-electron chi connectivity index (χ2n) is 7.46. The van der Waals surface area contributed by atoms with E-state index in [1.165, 1.54) is 21.3 Å². The molecule has 0 fully saturated rings. The van der Waals surface area contributed by atoms with Crippen molar-refractivity contribution >= 4 is 16.8 Å². The van der Waals surface area contributed by atoms with E-state index in [0.29, 0.717) is 45.3 Å². The van der Waals surface area contributed by atoms with Crippen molar-refractivity contribution in [2.75, 3.05) is 28.4 Å². The van der Waals surface area contributed by atoms with Crippen LogP contribution in [-0.4, -0.2) is 34.2 Å². The first-order valence-electron chi connectivity index (χ1n) is 10.5. The Kier molecular flexibility index (Phi) is 6.46. The van der Waals surface area contributed by atoms with Gasteiger partial charge in [0, 0.05) is 28.1 Å². The Morgan fingerprint density at radius 1 is 0.794 bits per heavy atom. The molecule has 34 heavy (non-hydrogen) atoms. The van der Waals surface area contributed by atoms with Crippen molar-refractivity contribution in [2.45, 2.75) is 6.92 Å². The SMILES string of the molecule is COc1cc2oc(C(=O)c3cc(OC)c(OC)c(OC)c3)c(C)c2cc1C#Cc1ccccc1. The fraction of sp³-hybridized carbons (Fsp3) is 0.179. The lowest BCUT2D eigenvalue weighted by atomic mass is 10.0. The van der Waals surface area contributed by atoms with Crippen molar-refractivity contribution in [3.63, 3.8) is 0 Å². The van der Waals surface area contributed by atoms with Gasteiger partial charge in [0.15, 0.2) is 17.3 Å². The lowest BCUT2D eigenvalue weighted by Crippen LogP contribution is -2.04. The van der Waals surface area contributed by atoms with E-state index in [4.69, 9.17) is 23.4 Å². The highest BCUT2D eigenvalue weighted by Gasteiger charge is 2.24. The third-order valence-corrected chi connectivity index (χ3v) is 5.51. The van der Waals surface area contributed by atoms with Crippen LogP contribution < -0.4 is 18.9 Å². The predicted octanol–water partition coefficient (Wildman–Crippen LogP) is 5.41. The molecule has 4 aromatic rings. The molecule has 1 heterocycles. The first-order chi connectivity index (χ1) is 16.5. The van der Waals surface area contributed by atoms with Crippen LogP contribution in [0.15, 0.2) is 59.0 Å². The zero-order valence-corrected chi connectivity index (χ0v) is 19.6. The lowest BCUT2D eigenvalue weighted by Gasteiger charge is -2.13. The van der Waals surface area contributed by atoms with Gasteiger partial charge in [-0.25, -0.2) is 0 Å². The second kappa shape index (κ2) is 9.63. The van der Waals surface area contributed by atoms with Crippen LogP contribution in [0.2, 0.25) is 0 Å². The van der Waals surface area contributed by atoms with Crippen LogP contribution in [0, 0.1) is 18.8 Å². The standard InChI is InChI=1S/C28H24O6/c1-17-21-13-19(12-11-18-9-7-6-8-10-18)22(30-2)16-23(21)34-27(17)26(29)20-14-24(31-3)28(33-5)25(15-20)32-4/h6-10,13-16H,1-5H3. The maximum absolute atomic E-state index is 13.4. The molecule has 4 rings (SSSR count). The van der Waals surface area contributed by atoms with Crippen molar-refractivity contribution < 1.29 is 28.2 Å². The van der Waals surface area contributed by atoms with E-state index in [1.54, 1.807) is 25.3 Å². The molecule has 6 heteroatoms. The Morgan fingerprint density at radius 3 is 2.03 bits per heavy atom. The van der Waals surface area contributed by atoms with Gasteiger partial charge in [-0.3, -0.25) is 4.79 Å². The molecule has 0 radical (unpaired) electrons. The third kappa shape index (κ3) is 4.16. The minimum absolute atomic E-state index is 0.222. The number of ether oxygens (including phenoxy) is 4. The minimum atomic E-state index is -0.302. The molecule has 0 aliphatic heterocycles. The molecule has 0 bridgehead atoms. The lowest BCUT2D eigenvalue weighted by molar-refractivity contribution is 0.101. The van der Waals surface area contributed by atoms with E-state index in [2.05, 4.69) is 11.8 Å². The molecular formula is C28H24O6. The molecule has 6 nitrogen and oxygen atoms in total. The van der Waals surface area contributed by atoms with Crippen molar-refractivity contribution in [1.82, 2.24) is 0 Å². The molecule has 0 saturated carbocycles. The van der Waals surface area contributed by atoms with Crippen molar-refractivity contribution in [2.24, 2.45) is 0 Å². The number of ketones is 1. The van der Waals surface area contributed by atoms with Crippen molar-refractivity contribution in [3.05, 3.63) is 82.6 Å². The largest absolute Gasteiger partial charge is 0.495 e. The summed E-state index contributed by atoms with van der Waals surface area (Å²) in [7, 11) is 6.09. The van der Waals surface area contributed by atoms with Crippen LogP contribution in [0.5, 0.6) is 23.0 Å². The second-order valence-corrected chi connectivity index (χ2v) is 7.46. The Morgan fingerprint density at radius 2 is 1.44 bits per heavy atom. The summed E-state index contributed by atoms with van der Waals surface area (Å²) >= 11 is 0. The average Bonchev–Trinajstić information content (AvgIpc) is 3.20. The molecule has 0 spiro atoms. The molecule has 0 unspecified atom stereocenters. The number of carbonyl (C=O) groups excluding carboxylic acids is 1. The van der Waals surface area contributed by atoms with Crippen LogP contribution in [0.25, 0.3) is 11.0 Å². The zero-order chi connectivity index (χ0) is 24.2. The molecule has 0 N–H and O–H groups in total. The van der Waals surface area contributed by atoms with Crippen LogP contribution in [0.3, 0.4) is 0 Å². The third-order valence-electron chi connectivity index (χ3n) is 5.51. The van der Waals surface area contributed by atoms with Gasteiger partial charge in [-0.15, -0.1) is 0 Å². The minimum Gasteiger partial charge on any atom is -0.495 e. The number of hydrogen-bond acceptors (Lipinski definition) is 6. The summed E-state index contributed by atoms with van der Waals surface area (Å²) in [6, 6.07) is 16.5. The maximum Gasteiger partial charge on any atom is 0.228 e. The van der Waals surface area contributed by atoms with Crippen LogP contribution in [-0.2, 0) is 0 Å². The topological polar surface area (TPSA) is 67.1 Å². The smallest absolute Gasteiger partial charge is 0.228 e. The Balaban J connectivity index is 1.80. The zero-order valence-electron chi connectivity index (χ0n) is 19.6. The van der Waals surface area contributed by atoms with Gasteiger partial charge < -0.3 is 23.4 Å². The van der Waals surface area contributed by atoms with E-state index in [1.807, 2.05) is 43.3 Å². The molecular weight excluding hydrogens is 432 g/mol. The quantitative estimate of drug-likeness (QED) is 0.286. The summed E-state index contributed by atoms with van der Waals surface area (Å²) < 4.78 is 27.6. The van der Waals surface area contributed by atoms with Gasteiger partial charge in [-0.05, 0) is 37.3 Å². The molecule has 0 aliphatic rings. The van der Waals surface area contributed by atoms with Gasteiger partial charge in [0.05, 0.1) is 34.0 Å². The summed E-state index contributed by atoms with van der Waals surface area (Å²) in [5.74, 6) is 7.98. The van der Waals surface area contributed by atoms with Crippen LogP contribution in [0.1, 0.15) is 32.8 Å². The van der Waals surface area contributed by atoms with Gasteiger partial charge in [-0.2, -0.15) is 0 Å². The molecule has 0 saturated heterocycles. The summed E-state index contributed by atoms with van der Waals surface area (Å²) in [4.78, 5) is 13.4. The Bertz CT molecular complexity index is 1400. The summed E-state index contributed by atoms with van der Waals surface area (Å²) in [6.07, 6.45) is 0. The summed E-state index contributed by atoms with van der Waals surface area (Å²) in [5.41, 5.74) is 3.20. The average molecular weight is 456 g/mol. The molecule has 0 aliphatic carbocycles. The van der Waals surface area contributed by atoms with Crippen molar-refractivity contribution in [3.8, 4) is 34.8 Å². The number of fused-ring (bicyclic) bond motifs is 1. The van der Waals surface area contributed by atoms with E-state index >= 15 is 0 Å². The molecule has 1 aromatic heterocycles. The highest BCUT2D eigenvalue weighted by molar-refractivity contribution is 6.11. The molecule has 0 atom stereocenters. The van der Waals surface area contributed by atoms with Crippen LogP contribution in [0.4, 0.5) is 0 Å². The number of methoxy groups -OCH3 is 4. The van der Waals surface area contributed by atoms with E-state index in [-0.39, 0.29) is 11.5 Å². The van der Waals surface area contributed by atoms with Crippen LogP contribution >= 0.6 is 0 Å². The monoisotopic (exact) mass is 456 g/mol. The first-order valence-corrected chi connectivity index (χ1v) is 10.5. The highest BCUT2D eigenvalue weighted by Crippen LogP contribution is 2.39. The van der Waals surface area contributed by atoms with E-state index in [9.17, 15) is 4.79 Å². The highest BCUT2D eigenvalue weighted by atomic mass is 16.5. The van der Waals surface area contributed by atoms with Crippen molar-refractivity contribution in [1.29, 1.82) is 0 Å². The number of rotatable bonds is 6. The summed E-state index contributed by atoms with van der Waals surface area (Å²) in [6.45, 7) is 1.85. The number of hydrogen-bond donors (Lipinski definition) is 0. The van der Waals surface area contributed by atoms with E-state index < -0.39 is 0 Å². The molecule has 172 valence electrons. The maximum atomic E-state index is 13.4. The fourth-order valence-electron chi connectivity index (χ4n) is 3.73. The molecule has 3 aromatic carbocycles. The number of aryl methyl sites for hydroxylation is 1. The predicted molar refractivity (Wildman–Crippen MR) is 129 cm³/mol. The van der Waals surface area contributed by atoms with Gasteiger partial charge in [0.2, 0.25) is 11.5 Å². The van der Waals surface area contributed by atoms with E-state index in [0.717, 1.165) is 10.9 Å². The molecule has 0 amide bonds. The normalized spacial score (nSPS) is 10.4. The number of benzene rings is 3. The van der Waals surface area contributed by atoms with Gasteiger partial charge in [-0.1, -0.05) is 30.0 Å².